The van der Waals surface area contributed by atoms with Gasteiger partial charge in [-0.3, -0.25) is 0 Å². The highest BCUT2D eigenvalue weighted by Gasteiger charge is 2.14. The molecule has 3 nitrogen and oxygen atoms in total. The van der Waals surface area contributed by atoms with E-state index < -0.39 is 0 Å². The van der Waals surface area contributed by atoms with Crippen molar-refractivity contribution in [3.8, 4) is 10.6 Å². The van der Waals surface area contributed by atoms with E-state index in [-0.39, 0.29) is 5.54 Å². The van der Waals surface area contributed by atoms with Gasteiger partial charge >= 0.3 is 0 Å². The Labute approximate surface area is 113 Å². The first kappa shape index (κ1) is 12.7. The van der Waals surface area contributed by atoms with E-state index in [1.165, 1.54) is 0 Å². The molecule has 0 spiro atoms. The fourth-order valence-corrected chi connectivity index (χ4v) is 2.87. The molecule has 0 aliphatic carbocycles. The number of aromatic nitrogens is 2. The SMILES string of the molecule is CC(C)(N)Cc1nccc(-c2cc(Br)cs2)n1. The maximum absolute atomic E-state index is 5.98. The van der Waals surface area contributed by atoms with Gasteiger partial charge in [0, 0.05) is 28.0 Å². The van der Waals surface area contributed by atoms with Gasteiger partial charge in [-0.05, 0) is 41.9 Å². The van der Waals surface area contributed by atoms with Gasteiger partial charge < -0.3 is 5.73 Å². The van der Waals surface area contributed by atoms with Crippen LogP contribution in [0.2, 0.25) is 0 Å². The van der Waals surface area contributed by atoms with Gasteiger partial charge in [-0.1, -0.05) is 0 Å². The lowest BCUT2D eigenvalue weighted by Crippen LogP contribution is -2.35. The summed E-state index contributed by atoms with van der Waals surface area (Å²) in [5.41, 5.74) is 6.65. The Balaban J connectivity index is 2.29. The Hall–Kier alpha value is -0.780. The summed E-state index contributed by atoms with van der Waals surface area (Å²) in [5, 5.41) is 2.05. The van der Waals surface area contributed by atoms with Crippen LogP contribution < -0.4 is 5.73 Å². The number of halogens is 1. The van der Waals surface area contributed by atoms with E-state index >= 15 is 0 Å². The van der Waals surface area contributed by atoms with Crippen molar-refractivity contribution in [3.05, 3.63) is 34.0 Å². The maximum Gasteiger partial charge on any atom is 0.130 e. The monoisotopic (exact) mass is 311 g/mol. The molecule has 0 bridgehead atoms. The molecule has 0 radical (unpaired) electrons. The van der Waals surface area contributed by atoms with Crippen LogP contribution in [0, 0.1) is 0 Å². The van der Waals surface area contributed by atoms with Crippen molar-refractivity contribution in [1.29, 1.82) is 0 Å². The first-order valence-electron chi connectivity index (χ1n) is 5.29. The molecule has 2 N–H and O–H groups in total. The van der Waals surface area contributed by atoms with Crippen LogP contribution in [-0.2, 0) is 6.42 Å². The Morgan fingerprint density at radius 1 is 1.47 bits per heavy atom. The minimum atomic E-state index is -0.283. The molecule has 5 heteroatoms. The molecule has 0 fully saturated rings. The summed E-state index contributed by atoms with van der Waals surface area (Å²) in [6, 6.07) is 3.98. The van der Waals surface area contributed by atoms with Crippen LogP contribution in [0.4, 0.5) is 0 Å². The summed E-state index contributed by atoms with van der Waals surface area (Å²) in [7, 11) is 0. The average Bonchev–Trinajstić information content (AvgIpc) is 2.63. The zero-order chi connectivity index (χ0) is 12.5. The van der Waals surface area contributed by atoms with E-state index in [1.54, 1.807) is 17.5 Å². The predicted molar refractivity (Wildman–Crippen MR) is 75.0 cm³/mol. The number of rotatable bonds is 3. The molecule has 17 heavy (non-hydrogen) atoms. The smallest absolute Gasteiger partial charge is 0.130 e. The van der Waals surface area contributed by atoms with E-state index in [2.05, 4.69) is 32.0 Å². The molecular weight excluding hydrogens is 298 g/mol. The Morgan fingerprint density at radius 2 is 2.24 bits per heavy atom. The topological polar surface area (TPSA) is 51.8 Å². The largest absolute Gasteiger partial charge is 0.325 e. The number of thiophene rings is 1. The summed E-state index contributed by atoms with van der Waals surface area (Å²) < 4.78 is 1.08. The van der Waals surface area contributed by atoms with Crippen LogP contribution in [0.1, 0.15) is 19.7 Å². The van der Waals surface area contributed by atoms with E-state index in [0.717, 1.165) is 20.9 Å². The van der Waals surface area contributed by atoms with Gasteiger partial charge in [-0.15, -0.1) is 11.3 Å². The minimum Gasteiger partial charge on any atom is -0.325 e. The zero-order valence-corrected chi connectivity index (χ0v) is 12.2. The molecule has 0 unspecified atom stereocenters. The normalized spacial score (nSPS) is 11.8. The predicted octanol–water partition coefficient (Wildman–Crippen LogP) is 3.25. The highest BCUT2D eigenvalue weighted by molar-refractivity contribution is 9.10. The Bertz CT molecular complexity index is 516. The molecule has 2 rings (SSSR count). The maximum atomic E-state index is 5.98. The molecule has 90 valence electrons. The van der Waals surface area contributed by atoms with E-state index in [1.807, 2.05) is 25.3 Å². The summed E-state index contributed by atoms with van der Waals surface area (Å²) in [6.07, 6.45) is 2.46. The third-order valence-electron chi connectivity index (χ3n) is 2.14. The van der Waals surface area contributed by atoms with Gasteiger partial charge in [0.15, 0.2) is 0 Å². The van der Waals surface area contributed by atoms with Crippen LogP contribution in [0.3, 0.4) is 0 Å². The molecular formula is C12H14BrN3S. The van der Waals surface area contributed by atoms with Crippen LogP contribution in [0.25, 0.3) is 10.6 Å². The molecule has 0 aliphatic rings. The highest BCUT2D eigenvalue weighted by atomic mass is 79.9. The van der Waals surface area contributed by atoms with Gasteiger partial charge in [0.25, 0.3) is 0 Å². The summed E-state index contributed by atoms with van der Waals surface area (Å²) in [4.78, 5) is 9.93. The average molecular weight is 312 g/mol. The lowest BCUT2D eigenvalue weighted by Gasteiger charge is -2.16. The number of hydrogen-bond donors (Lipinski definition) is 1. The fraction of sp³-hybridized carbons (Fsp3) is 0.333. The quantitative estimate of drug-likeness (QED) is 0.946. The fourth-order valence-electron chi connectivity index (χ4n) is 1.48. The minimum absolute atomic E-state index is 0.283. The first-order valence-corrected chi connectivity index (χ1v) is 6.96. The molecule has 2 heterocycles. The zero-order valence-electron chi connectivity index (χ0n) is 9.77. The van der Waals surface area contributed by atoms with Crippen molar-refractivity contribution in [3.63, 3.8) is 0 Å². The third kappa shape index (κ3) is 3.59. The molecule has 0 atom stereocenters. The molecule has 2 aromatic heterocycles. The van der Waals surface area contributed by atoms with Crippen molar-refractivity contribution in [2.75, 3.05) is 0 Å². The highest BCUT2D eigenvalue weighted by Crippen LogP contribution is 2.28. The summed E-state index contributed by atoms with van der Waals surface area (Å²) in [5.74, 6) is 0.791. The standard InChI is InChI=1S/C12H14BrN3S/c1-12(2,14)6-11-15-4-3-9(16-11)10-5-8(13)7-17-10/h3-5,7H,6,14H2,1-2H3. The lowest BCUT2D eigenvalue weighted by molar-refractivity contribution is 0.502. The number of nitrogens with two attached hydrogens (primary N) is 1. The summed E-state index contributed by atoms with van der Waals surface area (Å²) in [6.45, 7) is 3.95. The lowest BCUT2D eigenvalue weighted by atomic mass is 10.0. The van der Waals surface area contributed by atoms with Gasteiger partial charge in [0.1, 0.15) is 5.82 Å². The molecule has 0 aromatic carbocycles. The van der Waals surface area contributed by atoms with E-state index in [4.69, 9.17) is 5.73 Å². The third-order valence-corrected chi connectivity index (χ3v) is 3.85. The van der Waals surface area contributed by atoms with Crippen molar-refractivity contribution >= 4 is 27.3 Å². The molecule has 0 saturated carbocycles. The van der Waals surface area contributed by atoms with Gasteiger partial charge in [-0.25, -0.2) is 9.97 Å². The van der Waals surface area contributed by atoms with Crippen molar-refractivity contribution < 1.29 is 0 Å². The van der Waals surface area contributed by atoms with Crippen molar-refractivity contribution in [2.45, 2.75) is 25.8 Å². The second-order valence-electron chi connectivity index (χ2n) is 4.65. The van der Waals surface area contributed by atoms with Crippen molar-refractivity contribution in [1.82, 2.24) is 9.97 Å². The van der Waals surface area contributed by atoms with Crippen LogP contribution in [-0.4, -0.2) is 15.5 Å². The second-order valence-corrected chi connectivity index (χ2v) is 6.48. The first-order chi connectivity index (χ1) is 7.94. The van der Waals surface area contributed by atoms with Crippen LogP contribution in [0.15, 0.2) is 28.2 Å². The van der Waals surface area contributed by atoms with E-state index in [0.29, 0.717) is 6.42 Å². The second kappa shape index (κ2) is 4.84. The van der Waals surface area contributed by atoms with Crippen LogP contribution in [0.5, 0.6) is 0 Å². The van der Waals surface area contributed by atoms with Gasteiger partial charge in [0.2, 0.25) is 0 Å². The number of nitrogens with zero attached hydrogens (tertiary/aromatic N) is 2. The molecule has 0 amide bonds. The van der Waals surface area contributed by atoms with Gasteiger partial charge in [-0.2, -0.15) is 0 Å². The Morgan fingerprint density at radius 3 is 2.82 bits per heavy atom. The van der Waals surface area contributed by atoms with Crippen molar-refractivity contribution in [2.24, 2.45) is 5.73 Å². The number of hydrogen-bond acceptors (Lipinski definition) is 4. The van der Waals surface area contributed by atoms with Gasteiger partial charge in [0.05, 0.1) is 10.6 Å². The Kier molecular flexibility index (Phi) is 3.61. The van der Waals surface area contributed by atoms with Crippen LogP contribution >= 0.6 is 27.3 Å². The summed E-state index contributed by atoms with van der Waals surface area (Å²) >= 11 is 5.10. The molecule has 0 saturated heterocycles. The van der Waals surface area contributed by atoms with E-state index in [9.17, 15) is 0 Å². The molecule has 0 aliphatic heterocycles. The molecule has 2 aromatic rings.